The largest absolute Gasteiger partial charge is 0.491 e. The molecule has 19 heavy (non-hydrogen) atoms. The van der Waals surface area contributed by atoms with Gasteiger partial charge in [-0.3, -0.25) is 0 Å². The summed E-state index contributed by atoms with van der Waals surface area (Å²) in [5.74, 6) is 2.66. The number of ether oxygens (including phenoxy) is 2. The molecule has 0 fully saturated rings. The van der Waals surface area contributed by atoms with Gasteiger partial charge < -0.3 is 19.3 Å². The smallest absolute Gasteiger partial charge is 0.264 e. The zero-order valence-corrected chi connectivity index (χ0v) is 10.8. The van der Waals surface area contributed by atoms with Crippen molar-refractivity contribution in [2.45, 2.75) is 19.6 Å². The van der Waals surface area contributed by atoms with E-state index in [1.54, 1.807) is 6.92 Å². The van der Waals surface area contributed by atoms with Crippen LogP contribution in [-0.4, -0.2) is 23.8 Å². The van der Waals surface area contributed by atoms with Crippen LogP contribution in [0.25, 0.3) is 0 Å². The van der Waals surface area contributed by atoms with Crippen molar-refractivity contribution < 1.29 is 14.0 Å². The first kappa shape index (κ1) is 12.0. The number of hydrogen-bond acceptors (Lipinski definition) is 6. The lowest BCUT2D eigenvalue weighted by Crippen LogP contribution is -2.17. The van der Waals surface area contributed by atoms with Crippen LogP contribution in [0.5, 0.6) is 11.5 Å². The highest BCUT2D eigenvalue weighted by molar-refractivity contribution is 5.44. The van der Waals surface area contributed by atoms with Crippen molar-refractivity contribution in [1.82, 2.24) is 15.5 Å². The molecule has 1 aliphatic heterocycles. The van der Waals surface area contributed by atoms with E-state index < -0.39 is 0 Å². The Hall–Kier alpha value is -2.08. The summed E-state index contributed by atoms with van der Waals surface area (Å²) in [5.41, 5.74) is 1.16. The molecule has 1 unspecified atom stereocenters. The number of aromatic nitrogens is 2. The average molecular weight is 261 g/mol. The molecule has 0 spiro atoms. The van der Waals surface area contributed by atoms with Gasteiger partial charge in [0.05, 0.1) is 6.04 Å². The van der Waals surface area contributed by atoms with E-state index in [0.29, 0.717) is 18.3 Å². The molecule has 100 valence electrons. The van der Waals surface area contributed by atoms with E-state index in [0.717, 1.165) is 17.1 Å². The van der Waals surface area contributed by atoms with E-state index in [2.05, 4.69) is 15.5 Å². The summed E-state index contributed by atoms with van der Waals surface area (Å²) in [7, 11) is 1.92. The van der Waals surface area contributed by atoms with Gasteiger partial charge in [0, 0.05) is 11.6 Å². The van der Waals surface area contributed by atoms with Gasteiger partial charge in [-0.25, -0.2) is 0 Å². The van der Waals surface area contributed by atoms with Crippen LogP contribution in [0, 0.1) is 6.92 Å². The molecular weight excluding hydrogens is 246 g/mol. The monoisotopic (exact) mass is 261 g/mol. The second kappa shape index (κ2) is 4.89. The zero-order chi connectivity index (χ0) is 13.2. The van der Waals surface area contributed by atoms with Crippen LogP contribution in [0.1, 0.15) is 23.3 Å². The summed E-state index contributed by atoms with van der Waals surface area (Å²) in [6.45, 7) is 2.68. The van der Waals surface area contributed by atoms with Gasteiger partial charge in [-0.1, -0.05) is 5.16 Å². The van der Waals surface area contributed by atoms with Gasteiger partial charge in [0.25, 0.3) is 5.89 Å². The Bertz CT molecular complexity index is 582. The third kappa shape index (κ3) is 2.39. The molecule has 0 saturated heterocycles. The summed E-state index contributed by atoms with van der Waals surface area (Å²) in [5, 5.41) is 6.91. The highest BCUT2D eigenvalue weighted by Crippen LogP contribution is 2.35. The van der Waals surface area contributed by atoms with Crippen molar-refractivity contribution in [2.75, 3.05) is 13.7 Å². The van der Waals surface area contributed by atoms with Crippen LogP contribution in [0.3, 0.4) is 0 Å². The summed E-state index contributed by atoms with van der Waals surface area (Å²) < 4.78 is 16.2. The number of fused-ring (bicyclic) bond motifs is 1. The molecule has 0 aliphatic carbocycles. The van der Waals surface area contributed by atoms with Crippen molar-refractivity contribution in [2.24, 2.45) is 0 Å². The van der Waals surface area contributed by atoms with E-state index in [-0.39, 0.29) is 12.6 Å². The highest BCUT2D eigenvalue weighted by Gasteiger charge is 2.22. The van der Waals surface area contributed by atoms with Crippen molar-refractivity contribution in [3.05, 3.63) is 35.5 Å². The van der Waals surface area contributed by atoms with E-state index in [4.69, 9.17) is 14.0 Å². The van der Waals surface area contributed by atoms with Gasteiger partial charge in [-0.2, -0.15) is 4.98 Å². The first-order valence-corrected chi connectivity index (χ1v) is 6.12. The number of rotatable bonds is 4. The Morgan fingerprint density at radius 2 is 2.37 bits per heavy atom. The van der Waals surface area contributed by atoms with Crippen LogP contribution in [-0.2, 0) is 6.61 Å². The third-order valence-electron chi connectivity index (χ3n) is 3.05. The standard InChI is InChI=1S/C13H15N3O3/c1-8-15-13(19-16-8)7-17-9-3-4-10-11(14-2)6-18-12(10)5-9/h3-5,11,14H,6-7H2,1-2H3. The molecule has 2 heterocycles. The zero-order valence-electron chi connectivity index (χ0n) is 10.8. The number of likely N-dealkylation sites (N-methyl/N-ethyl adjacent to an activating group) is 1. The average Bonchev–Trinajstić information content (AvgIpc) is 3.01. The number of hydrogen-bond donors (Lipinski definition) is 1. The lowest BCUT2D eigenvalue weighted by atomic mass is 10.1. The Labute approximate surface area is 110 Å². The normalized spacial score (nSPS) is 17.1. The fourth-order valence-electron chi connectivity index (χ4n) is 2.06. The number of nitrogens with one attached hydrogen (secondary N) is 1. The van der Waals surface area contributed by atoms with E-state index in [1.807, 2.05) is 25.2 Å². The third-order valence-corrected chi connectivity index (χ3v) is 3.05. The van der Waals surface area contributed by atoms with Gasteiger partial charge >= 0.3 is 0 Å². The number of benzene rings is 1. The maximum Gasteiger partial charge on any atom is 0.264 e. The fraction of sp³-hybridized carbons (Fsp3) is 0.385. The van der Waals surface area contributed by atoms with Crippen LogP contribution in [0.4, 0.5) is 0 Å². The molecule has 1 aromatic carbocycles. The second-order valence-corrected chi connectivity index (χ2v) is 4.38. The van der Waals surface area contributed by atoms with Gasteiger partial charge in [0.2, 0.25) is 0 Å². The van der Waals surface area contributed by atoms with Crippen LogP contribution in [0.15, 0.2) is 22.7 Å². The summed E-state index contributed by atoms with van der Waals surface area (Å²) >= 11 is 0. The van der Waals surface area contributed by atoms with Crippen LogP contribution in [0.2, 0.25) is 0 Å². The predicted molar refractivity (Wildman–Crippen MR) is 67.1 cm³/mol. The minimum Gasteiger partial charge on any atom is -0.491 e. The molecule has 6 heteroatoms. The van der Waals surface area contributed by atoms with Crippen LogP contribution >= 0.6 is 0 Å². The molecule has 0 saturated carbocycles. The lowest BCUT2D eigenvalue weighted by molar-refractivity contribution is 0.241. The molecule has 2 aromatic rings. The highest BCUT2D eigenvalue weighted by atomic mass is 16.5. The molecule has 0 amide bonds. The minimum absolute atomic E-state index is 0.252. The molecule has 6 nitrogen and oxygen atoms in total. The molecule has 1 aromatic heterocycles. The molecule has 3 rings (SSSR count). The molecule has 0 radical (unpaired) electrons. The van der Waals surface area contributed by atoms with Crippen molar-refractivity contribution in [3.63, 3.8) is 0 Å². The van der Waals surface area contributed by atoms with E-state index in [9.17, 15) is 0 Å². The van der Waals surface area contributed by atoms with Crippen molar-refractivity contribution in [3.8, 4) is 11.5 Å². The topological polar surface area (TPSA) is 69.4 Å². The molecule has 0 bridgehead atoms. The van der Waals surface area contributed by atoms with Gasteiger partial charge in [0.15, 0.2) is 12.4 Å². The lowest BCUT2D eigenvalue weighted by Gasteiger charge is -2.07. The summed E-state index contributed by atoms with van der Waals surface area (Å²) in [4.78, 5) is 4.08. The van der Waals surface area contributed by atoms with Crippen LogP contribution < -0.4 is 14.8 Å². The van der Waals surface area contributed by atoms with E-state index >= 15 is 0 Å². The minimum atomic E-state index is 0.252. The summed E-state index contributed by atoms with van der Waals surface area (Å²) in [6, 6.07) is 6.07. The number of nitrogens with zero attached hydrogens (tertiary/aromatic N) is 2. The first-order valence-electron chi connectivity index (χ1n) is 6.12. The Kier molecular flexibility index (Phi) is 3.08. The molecular formula is C13H15N3O3. The van der Waals surface area contributed by atoms with E-state index in [1.165, 1.54) is 0 Å². The maximum atomic E-state index is 5.60. The van der Waals surface area contributed by atoms with Gasteiger partial charge in [-0.05, 0) is 26.1 Å². The first-order chi connectivity index (χ1) is 9.26. The van der Waals surface area contributed by atoms with Crippen molar-refractivity contribution >= 4 is 0 Å². The fourth-order valence-corrected chi connectivity index (χ4v) is 2.06. The summed E-state index contributed by atoms with van der Waals surface area (Å²) in [6.07, 6.45) is 0. The predicted octanol–water partition coefficient (Wildman–Crippen LogP) is 1.61. The molecule has 1 atom stereocenters. The Balaban J connectivity index is 1.69. The maximum absolute atomic E-state index is 5.60. The van der Waals surface area contributed by atoms with Gasteiger partial charge in [0.1, 0.15) is 18.1 Å². The number of aryl methyl sites for hydroxylation is 1. The van der Waals surface area contributed by atoms with Crippen molar-refractivity contribution in [1.29, 1.82) is 0 Å². The second-order valence-electron chi connectivity index (χ2n) is 4.38. The quantitative estimate of drug-likeness (QED) is 0.901. The molecule has 1 N–H and O–H groups in total. The van der Waals surface area contributed by atoms with Gasteiger partial charge in [-0.15, -0.1) is 0 Å². The SMILES string of the molecule is CNC1COc2cc(OCc3nc(C)no3)ccc21. The Morgan fingerprint density at radius 3 is 3.11 bits per heavy atom. The molecule has 1 aliphatic rings. The Morgan fingerprint density at radius 1 is 1.47 bits per heavy atom.